The molecular weight excluding hydrogens is 467 g/mol. The second kappa shape index (κ2) is 10.7. The lowest BCUT2D eigenvalue weighted by Gasteiger charge is -2.23. The average Bonchev–Trinajstić information content (AvgIpc) is 2.88. The van der Waals surface area contributed by atoms with Gasteiger partial charge in [-0.2, -0.15) is 0 Å². The molecule has 0 atom stereocenters. The Balaban J connectivity index is 1.68. The number of hydrogen-bond donors (Lipinski definition) is 2. The van der Waals surface area contributed by atoms with Crippen molar-refractivity contribution in [2.45, 2.75) is 25.7 Å². The number of hydrogen-bond acceptors (Lipinski definition) is 4. The van der Waals surface area contributed by atoms with Gasteiger partial charge >= 0.3 is 5.97 Å². The van der Waals surface area contributed by atoms with Gasteiger partial charge in [-0.15, -0.1) is 0 Å². The fourth-order valence-corrected chi connectivity index (χ4v) is 4.52. The van der Waals surface area contributed by atoms with Gasteiger partial charge < -0.3 is 10.1 Å². The van der Waals surface area contributed by atoms with E-state index in [-0.39, 0.29) is 22.7 Å². The van der Waals surface area contributed by atoms with Crippen molar-refractivity contribution in [1.29, 1.82) is 5.41 Å². The molecule has 3 aromatic carbocycles. The quantitative estimate of drug-likeness (QED) is 0.303. The van der Waals surface area contributed by atoms with E-state index in [9.17, 15) is 14.0 Å². The van der Waals surface area contributed by atoms with Crippen LogP contribution in [0.5, 0.6) is 0 Å². The van der Waals surface area contributed by atoms with Crippen LogP contribution in [0.3, 0.4) is 0 Å². The molecule has 0 fully saturated rings. The van der Waals surface area contributed by atoms with Gasteiger partial charge in [0.2, 0.25) is 0 Å². The summed E-state index contributed by atoms with van der Waals surface area (Å²) in [6, 6.07) is 18.7. The van der Waals surface area contributed by atoms with Crippen molar-refractivity contribution < 1.29 is 18.7 Å². The highest BCUT2D eigenvalue weighted by Gasteiger charge is 2.24. The molecule has 7 heteroatoms. The maximum absolute atomic E-state index is 14.8. The molecule has 1 amide bonds. The fourth-order valence-electron chi connectivity index (χ4n) is 4.26. The monoisotopic (exact) mass is 490 g/mol. The number of nitrogens with one attached hydrogen (secondary N) is 2. The molecule has 0 aromatic heterocycles. The Morgan fingerprint density at radius 1 is 1.00 bits per heavy atom. The predicted molar refractivity (Wildman–Crippen MR) is 134 cm³/mol. The highest BCUT2D eigenvalue weighted by Crippen LogP contribution is 2.31. The van der Waals surface area contributed by atoms with E-state index in [1.165, 1.54) is 19.2 Å². The van der Waals surface area contributed by atoms with Gasteiger partial charge in [0.05, 0.1) is 29.0 Å². The van der Waals surface area contributed by atoms with E-state index >= 15 is 0 Å². The molecule has 0 saturated carbocycles. The minimum atomic E-state index is -0.695. The van der Waals surface area contributed by atoms with E-state index in [0.29, 0.717) is 40.3 Å². The second-order valence-corrected chi connectivity index (χ2v) is 8.62. The highest BCUT2D eigenvalue weighted by atomic mass is 35.5. The van der Waals surface area contributed by atoms with Crippen molar-refractivity contribution >= 4 is 29.2 Å². The summed E-state index contributed by atoms with van der Waals surface area (Å²) in [6.07, 6.45) is 2.74. The lowest BCUT2D eigenvalue weighted by Crippen LogP contribution is -2.28. The molecule has 0 saturated heterocycles. The van der Waals surface area contributed by atoms with E-state index < -0.39 is 11.8 Å². The summed E-state index contributed by atoms with van der Waals surface area (Å²) >= 11 is 6.45. The van der Waals surface area contributed by atoms with E-state index in [2.05, 4.69) is 10.1 Å². The molecule has 0 aliphatic heterocycles. The van der Waals surface area contributed by atoms with Crippen LogP contribution in [0.2, 0.25) is 5.02 Å². The molecule has 0 bridgehead atoms. The fraction of sp³-hybridized carbons (Fsp3) is 0.179. The SMILES string of the molecule is COC(=O)c1ccc(C(=N)C2=C(NC(=O)c3c(Cl)cccc3-c3ccccc3)CCCC2)c(F)c1. The zero-order valence-corrected chi connectivity index (χ0v) is 19.9. The predicted octanol–water partition coefficient (Wildman–Crippen LogP) is 6.56. The molecule has 0 heterocycles. The lowest BCUT2D eigenvalue weighted by molar-refractivity contribution is 0.0600. The first-order valence-corrected chi connectivity index (χ1v) is 11.6. The summed E-state index contributed by atoms with van der Waals surface area (Å²) in [5.74, 6) is -1.72. The molecule has 3 aromatic rings. The Hall–Kier alpha value is -3.77. The Bertz CT molecular complexity index is 1340. The minimum absolute atomic E-state index is 0.0173. The van der Waals surface area contributed by atoms with Gasteiger partial charge in [0.25, 0.3) is 5.91 Å². The zero-order chi connectivity index (χ0) is 24.9. The van der Waals surface area contributed by atoms with E-state index in [1.54, 1.807) is 12.1 Å². The van der Waals surface area contributed by atoms with E-state index in [1.807, 2.05) is 36.4 Å². The number of ether oxygens (including phenoxy) is 1. The summed E-state index contributed by atoms with van der Waals surface area (Å²) in [6.45, 7) is 0. The Morgan fingerprint density at radius 3 is 2.46 bits per heavy atom. The van der Waals surface area contributed by atoms with Crippen molar-refractivity contribution in [2.24, 2.45) is 0 Å². The van der Waals surface area contributed by atoms with E-state index in [4.69, 9.17) is 17.0 Å². The van der Waals surface area contributed by atoms with Crippen LogP contribution in [-0.4, -0.2) is 24.7 Å². The number of halogens is 2. The molecular formula is C28H24ClFN2O3. The molecule has 1 aliphatic carbocycles. The molecule has 4 rings (SSSR count). The number of carbonyl (C=O) groups is 2. The summed E-state index contributed by atoms with van der Waals surface area (Å²) in [5, 5.41) is 12.0. The van der Waals surface area contributed by atoms with Crippen molar-refractivity contribution in [3.05, 3.63) is 106 Å². The molecule has 178 valence electrons. The number of allylic oxidation sites excluding steroid dienone is 2. The number of esters is 1. The Morgan fingerprint density at radius 2 is 1.74 bits per heavy atom. The molecule has 35 heavy (non-hydrogen) atoms. The third kappa shape index (κ3) is 5.17. The first-order valence-electron chi connectivity index (χ1n) is 11.2. The van der Waals surface area contributed by atoms with Gasteiger partial charge in [0.15, 0.2) is 0 Å². The number of amides is 1. The van der Waals surface area contributed by atoms with Crippen LogP contribution in [0.1, 0.15) is 52.0 Å². The van der Waals surface area contributed by atoms with Crippen molar-refractivity contribution in [3.8, 4) is 11.1 Å². The summed E-state index contributed by atoms with van der Waals surface area (Å²) in [4.78, 5) is 25.1. The standard InChI is InChI=1S/C28H24ClFN2O3/c1-35-28(34)18-14-15-20(23(30)16-18)26(31)21-10-5-6-13-24(21)32-27(33)25-19(11-7-12-22(25)29)17-8-3-2-4-9-17/h2-4,7-9,11-12,14-16,31H,5-6,10,13H2,1H3,(H,32,33). The molecule has 5 nitrogen and oxygen atoms in total. The van der Waals surface area contributed by atoms with Crippen molar-refractivity contribution in [2.75, 3.05) is 7.11 Å². The maximum Gasteiger partial charge on any atom is 0.337 e. The topological polar surface area (TPSA) is 79.2 Å². The summed E-state index contributed by atoms with van der Waals surface area (Å²) in [5.41, 5.74) is 3.18. The molecule has 1 aliphatic rings. The van der Waals surface area contributed by atoms with Crippen LogP contribution in [-0.2, 0) is 4.74 Å². The first kappa shape index (κ1) is 24.4. The van der Waals surface area contributed by atoms with Gasteiger partial charge in [0.1, 0.15) is 5.82 Å². The van der Waals surface area contributed by atoms with Gasteiger partial charge in [-0.05, 0) is 66.6 Å². The van der Waals surface area contributed by atoms with Crippen LogP contribution < -0.4 is 5.32 Å². The Kier molecular flexibility index (Phi) is 7.42. The lowest BCUT2D eigenvalue weighted by atomic mass is 9.89. The summed E-state index contributed by atoms with van der Waals surface area (Å²) in [7, 11) is 1.22. The molecule has 0 radical (unpaired) electrons. The van der Waals surface area contributed by atoms with Crippen LogP contribution in [0.25, 0.3) is 11.1 Å². The van der Waals surface area contributed by atoms with Crippen LogP contribution >= 0.6 is 11.6 Å². The van der Waals surface area contributed by atoms with Crippen LogP contribution in [0.15, 0.2) is 78.0 Å². The zero-order valence-electron chi connectivity index (χ0n) is 19.2. The third-order valence-electron chi connectivity index (χ3n) is 6.02. The van der Waals surface area contributed by atoms with Gasteiger partial charge in [-0.3, -0.25) is 10.2 Å². The van der Waals surface area contributed by atoms with Gasteiger partial charge in [-0.1, -0.05) is 54.1 Å². The van der Waals surface area contributed by atoms with Crippen molar-refractivity contribution in [3.63, 3.8) is 0 Å². The highest BCUT2D eigenvalue weighted by molar-refractivity contribution is 6.34. The normalized spacial score (nSPS) is 13.3. The van der Waals surface area contributed by atoms with Crippen LogP contribution in [0.4, 0.5) is 4.39 Å². The number of carbonyl (C=O) groups excluding carboxylic acids is 2. The summed E-state index contributed by atoms with van der Waals surface area (Å²) < 4.78 is 19.5. The third-order valence-corrected chi connectivity index (χ3v) is 6.33. The van der Waals surface area contributed by atoms with Gasteiger partial charge in [-0.25, -0.2) is 9.18 Å². The first-order chi connectivity index (χ1) is 16.9. The van der Waals surface area contributed by atoms with E-state index in [0.717, 1.165) is 24.5 Å². The minimum Gasteiger partial charge on any atom is -0.465 e. The van der Waals surface area contributed by atoms with Crippen LogP contribution in [0, 0.1) is 11.2 Å². The van der Waals surface area contributed by atoms with Crippen molar-refractivity contribution in [1.82, 2.24) is 5.32 Å². The smallest absolute Gasteiger partial charge is 0.337 e. The Labute approximate surface area is 208 Å². The molecule has 0 unspecified atom stereocenters. The maximum atomic E-state index is 14.8. The number of methoxy groups -OCH3 is 1. The average molecular weight is 491 g/mol. The number of benzene rings is 3. The largest absolute Gasteiger partial charge is 0.465 e. The second-order valence-electron chi connectivity index (χ2n) is 8.21. The number of rotatable bonds is 6. The van der Waals surface area contributed by atoms with Gasteiger partial charge in [0, 0.05) is 11.3 Å². The molecule has 2 N–H and O–H groups in total. The molecule has 0 spiro atoms.